The van der Waals surface area contributed by atoms with Gasteiger partial charge in [0.15, 0.2) is 0 Å². The zero-order valence-electron chi connectivity index (χ0n) is 15.5. The Morgan fingerprint density at radius 1 is 1.11 bits per heavy atom. The molecule has 4 N–H and O–H groups in total. The van der Waals surface area contributed by atoms with Gasteiger partial charge >= 0.3 is 0 Å². The zero-order valence-corrected chi connectivity index (χ0v) is 17.0. The Kier molecular flexibility index (Phi) is 7.17. The first-order valence-corrected chi connectivity index (χ1v) is 10.5. The lowest BCUT2D eigenvalue weighted by Gasteiger charge is -2.20. The first-order valence-electron chi connectivity index (χ1n) is 8.56. The lowest BCUT2D eigenvalue weighted by atomic mass is 10.0. The van der Waals surface area contributed by atoms with E-state index in [0.29, 0.717) is 17.0 Å². The SMILES string of the molecule is CC(C)C[C@H](NC(=O)c1ccc(Cl)cc1)C(=O)Nc1cccc(S(N)(=O)=O)c1. The summed E-state index contributed by atoms with van der Waals surface area (Å²) in [5, 5.41) is 11.0. The van der Waals surface area contributed by atoms with Crippen molar-refractivity contribution in [2.24, 2.45) is 11.1 Å². The quantitative estimate of drug-likeness (QED) is 0.634. The highest BCUT2D eigenvalue weighted by Gasteiger charge is 2.23. The van der Waals surface area contributed by atoms with E-state index in [2.05, 4.69) is 10.6 Å². The molecule has 0 bridgehead atoms. The minimum atomic E-state index is -3.89. The second kappa shape index (κ2) is 9.18. The van der Waals surface area contributed by atoms with Crippen molar-refractivity contribution in [3.63, 3.8) is 0 Å². The van der Waals surface area contributed by atoms with Gasteiger partial charge in [-0.2, -0.15) is 0 Å². The Morgan fingerprint density at radius 2 is 1.75 bits per heavy atom. The summed E-state index contributed by atoms with van der Waals surface area (Å²) in [5.74, 6) is -0.727. The van der Waals surface area contributed by atoms with Crippen LogP contribution < -0.4 is 15.8 Å². The van der Waals surface area contributed by atoms with E-state index in [1.54, 1.807) is 30.3 Å². The van der Waals surface area contributed by atoms with Crippen molar-refractivity contribution >= 4 is 39.1 Å². The molecule has 2 rings (SSSR count). The molecule has 2 amide bonds. The second-order valence-corrected chi connectivity index (χ2v) is 8.72. The third-order valence-electron chi connectivity index (χ3n) is 3.87. The molecule has 0 fully saturated rings. The molecular weight excluding hydrogens is 402 g/mol. The third-order valence-corrected chi connectivity index (χ3v) is 5.03. The maximum absolute atomic E-state index is 12.7. The average molecular weight is 424 g/mol. The van der Waals surface area contributed by atoms with Crippen LogP contribution in [0.3, 0.4) is 0 Å². The Balaban J connectivity index is 2.17. The van der Waals surface area contributed by atoms with Gasteiger partial charge in [0.2, 0.25) is 15.9 Å². The number of carbonyl (C=O) groups is 2. The molecular formula is C19H22ClN3O4S. The number of halogens is 1. The van der Waals surface area contributed by atoms with E-state index in [-0.39, 0.29) is 16.5 Å². The minimum Gasteiger partial charge on any atom is -0.340 e. The van der Waals surface area contributed by atoms with Crippen molar-refractivity contribution in [1.82, 2.24) is 5.32 Å². The van der Waals surface area contributed by atoms with Crippen LogP contribution in [0.2, 0.25) is 5.02 Å². The molecule has 0 aliphatic carbocycles. The summed E-state index contributed by atoms with van der Waals surface area (Å²) < 4.78 is 23.0. The Morgan fingerprint density at radius 3 is 2.32 bits per heavy atom. The number of hydrogen-bond acceptors (Lipinski definition) is 4. The molecule has 0 saturated heterocycles. The van der Waals surface area contributed by atoms with Crippen LogP contribution in [0.5, 0.6) is 0 Å². The first-order chi connectivity index (χ1) is 13.1. The lowest BCUT2D eigenvalue weighted by molar-refractivity contribution is -0.118. The number of hydrogen-bond donors (Lipinski definition) is 3. The topological polar surface area (TPSA) is 118 Å². The minimum absolute atomic E-state index is 0.115. The highest BCUT2D eigenvalue weighted by atomic mass is 35.5. The van der Waals surface area contributed by atoms with Gasteiger partial charge in [0.25, 0.3) is 5.91 Å². The number of benzene rings is 2. The first kappa shape index (κ1) is 21.9. The molecule has 2 aromatic rings. The van der Waals surface area contributed by atoms with Crippen molar-refractivity contribution in [3.8, 4) is 0 Å². The maximum atomic E-state index is 12.7. The molecule has 0 aliphatic heterocycles. The Labute approximate surface area is 169 Å². The molecule has 0 aromatic heterocycles. The molecule has 1 atom stereocenters. The summed E-state index contributed by atoms with van der Waals surface area (Å²) in [6, 6.07) is 11.1. The average Bonchev–Trinajstić information content (AvgIpc) is 2.60. The summed E-state index contributed by atoms with van der Waals surface area (Å²) in [4.78, 5) is 25.0. The van der Waals surface area contributed by atoms with Crippen molar-refractivity contribution in [1.29, 1.82) is 0 Å². The van der Waals surface area contributed by atoms with Gasteiger partial charge in [0.1, 0.15) is 6.04 Å². The van der Waals surface area contributed by atoms with Gasteiger partial charge in [-0.25, -0.2) is 13.6 Å². The van der Waals surface area contributed by atoms with Gasteiger partial charge in [-0.1, -0.05) is 31.5 Å². The van der Waals surface area contributed by atoms with Crippen molar-refractivity contribution < 1.29 is 18.0 Å². The Hall–Kier alpha value is -2.42. The Bertz CT molecular complexity index is 959. The number of amides is 2. The number of nitrogens with two attached hydrogens (primary N) is 1. The van der Waals surface area contributed by atoms with Crippen LogP contribution >= 0.6 is 11.6 Å². The maximum Gasteiger partial charge on any atom is 0.251 e. The standard InChI is InChI=1S/C19H22ClN3O4S/c1-12(2)10-17(23-18(24)13-6-8-14(20)9-7-13)19(25)22-15-4-3-5-16(11-15)28(21,26)27/h3-9,11-12,17H,10H2,1-2H3,(H,22,25)(H,23,24)(H2,21,26,27)/t17-/m0/s1. The zero-order chi connectivity index (χ0) is 20.9. The van der Waals surface area contributed by atoms with E-state index in [4.69, 9.17) is 16.7 Å². The van der Waals surface area contributed by atoms with E-state index in [9.17, 15) is 18.0 Å². The normalized spacial score (nSPS) is 12.5. The number of rotatable bonds is 7. The summed E-state index contributed by atoms with van der Waals surface area (Å²) in [7, 11) is -3.89. The predicted octanol–water partition coefficient (Wildman–Crippen LogP) is 2.77. The third kappa shape index (κ3) is 6.33. The van der Waals surface area contributed by atoms with Crippen molar-refractivity contribution in [3.05, 3.63) is 59.1 Å². The van der Waals surface area contributed by atoms with E-state index >= 15 is 0 Å². The van der Waals surface area contributed by atoms with Gasteiger partial charge in [-0.05, 0) is 54.8 Å². The summed E-state index contributed by atoms with van der Waals surface area (Å²) in [5.41, 5.74) is 0.646. The molecule has 0 spiro atoms. The fourth-order valence-corrected chi connectivity index (χ4v) is 3.21. The van der Waals surface area contributed by atoms with Crippen molar-refractivity contribution in [2.75, 3.05) is 5.32 Å². The number of nitrogens with one attached hydrogen (secondary N) is 2. The van der Waals surface area contributed by atoms with Gasteiger partial charge in [0, 0.05) is 16.3 Å². The molecule has 150 valence electrons. The van der Waals surface area contributed by atoms with Crippen LogP contribution in [-0.2, 0) is 14.8 Å². The van der Waals surface area contributed by atoms with E-state index in [0.717, 1.165) is 0 Å². The fraction of sp³-hybridized carbons (Fsp3) is 0.263. The van der Waals surface area contributed by atoms with E-state index in [1.807, 2.05) is 13.8 Å². The summed E-state index contributed by atoms with van der Waals surface area (Å²) in [6.45, 7) is 3.85. The highest BCUT2D eigenvalue weighted by Crippen LogP contribution is 2.16. The van der Waals surface area contributed by atoms with Crippen LogP contribution in [0.15, 0.2) is 53.4 Å². The lowest BCUT2D eigenvalue weighted by Crippen LogP contribution is -2.44. The molecule has 0 unspecified atom stereocenters. The van der Waals surface area contributed by atoms with Gasteiger partial charge in [-0.15, -0.1) is 0 Å². The van der Waals surface area contributed by atoms with E-state index < -0.39 is 27.9 Å². The monoisotopic (exact) mass is 423 g/mol. The predicted molar refractivity (Wildman–Crippen MR) is 109 cm³/mol. The summed E-state index contributed by atoms with van der Waals surface area (Å²) >= 11 is 5.83. The van der Waals surface area contributed by atoms with Crippen LogP contribution in [0.4, 0.5) is 5.69 Å². The van der Waals surface area contributed by atoms with Crippen molar-refractivity contribution in [2.45, 2.75) is 31.2 Å². The van der Waals surface area contributed by atoms with Gasteiger partial charge < -0.3 is 10.6 Å². The number of primary sulfonamides is 1. The van der Waals surface area contributed by atoms with Gasteiger partial charge in [0.05, 0.1) is 4.90 Å². The molecule has 0 saturated carbocycles. The molecule has 0 aliphatic rings. The number of carbonyl (C=O) groups excluding carboxylic acids is 2. The number of sulfonamides is 1. The molecule has 2 aromatic carbocycles. The van der Waals surface area contributed by atoms with Crippen LogP contribution in [-0.4, -0.2) is 26.3 Å². The molecule has 7 nitrogen and oxygen atoms in total. The summed E-state index contributed by atoms with van der Waals surface area (Å²) in [6.07, 6.45) is 0.403. The largest absolute Gasteiger partial charge is 0.340 e. The van der Waals surface area contributed by atoms with Crippen LogP contribution in [0.1, 0.15) is 30.6 Å². The smallest absolute Gasteiger partial charge is 0.251 e. The second-order valence-electron chi connectivity index (χ2n) is 6.72. The molecule has 9 heteroatoms. The molecule has 0 radical (unpaired) electrons. The van der Waals surface area contributed by atoms with E-state index in [1.165, 1.54) is 18.2 Å². The van der Waals surface area contributed by atoms with Crippen LogP contribution in [0, 0.1) is 5.92 Å². The van der Waals surface area contributed by atoms with Crippen LogP contribution in [0.25, 0.3) is 0 Å². The van der Waals surface area contributed by atoms with Gasteiger partial charge in [-0.3, -0.25) is 9.59 Å². The molecule has 0 heterocycles. The highest BCUT2D eigenvalue weighted by molar-refractivity contribution is 7.89. The number of anilines is 1. The molecule has 28 heavy (non-hydrogen) atoms. The fourth-order valence-electron chi connectivity index (χ4n) is 2.53.